The third-order valence-electron chi connectivity index (χ3n) is 5.86. The molecule has 3 heterocycles. The molecule has 0 saturated carbocycles. The molecule has 1 aliphatic heterocycles. The van der Waals surface area contributed by atoms with Crippen LogP contribution in [0.1, 0.15) is 59.9 Å². The number of carbonyl (C=O) groups is 2. The maximum absolute atomic E-state index is 12.9. The SMILES string of the molecule is Cc1noc(C)c1S(=O)(=O)N1CCC(C(=O)Nc2nc3c(s2)C(=O)CC(C)(C)C3)CC1. The molecule has 0 aromatic carbocycles. The van der Waals surface area contributed by atoms with Crippen LogP contribution in [0.4, 0.5) is 5.13 Å². The normalized spacial score (nSPS) is 19.9. The summed E-state index contributed by atoms with van der Waals surface area (Å²) >= 11 is 1.23. The second-order valence-corrected chi connectivity index (χ2v) is 11.9. The van der Waals surface area contributed by atoms with Gasteiger partial charge < -0.3 is 9.84 Å². The number of nitrogens with zero attached hydrogens (tertiary/aromatic N) is 3. The van der Waals surface area contributed by atoms with Crippen molar-refractivity contribution >= 4 is 38.2 Å². The highest BCUT2D eigenvalue weighted by molar-refractivity contribution is 7.89. The molecule has 0 unspecified atom stereocenters. The molecule has 31 heavy (non-hydrogen) atoms. The highest BCUT2D eigenvalue weighted by Crippen LogP contribution is 2.38. The number of ketones is 1. The lowest BCUT2D eigenvalue weighted by Crippen LogP contribution is -2.41. The lowest BCUT2D eigenvalue weighted by molar-refractivity contribution is -0.120. The van der Waals surface area contributed by atoms with Gasteiger partial charge in [-0.1, -0.05) is 30.3 Å². The number of carbonyl (C=O) groups excluding carboxylic acids is 2. The van der Waals surface area contributed by atoms with Crippen molar-refractivity contribution in [1.82, 2.24) is 14.4 Å². The molecule has 1 fully saturated rings. The van der Waals surface area contributed by atoms with E-state index >= 15 is 0 Å². The minimum atomic E-state index is -3.71. The zero-order valence-corrected chi connectivity index (χ0v) is 19.7. The Balaban J connectivity index is 1.40. The molecule has 1 amide bonds. The standard InChI is InChI=1S/C20H26N4O5S2/c1-11-17(12(2)29-23-11)31(27,28)24-7-5-13(6-8-24)18(26)22-19-21-14-9-20(3,4)10-15(25)16(14)30-19/h13H,5-10H2,1-4H3,(H,21,22,26). The highest BCUT2D eigenvalue weighted by Gasteiger charge is 2.37. The molecule has 1 aliphatic carbocycles. The van der Waals surface area contributed by atoms with Crippen LogP contribution in [0.3, 0.4) is 0 Å². The van der Waals surface area contributed by atoms with Crippen LogP contribution in [-0.2, 0) is 21.2 Å². The van der Waals surface area contributed by atoms with E-state index in [2.05, 4.69) is 15.5 Å². The first-order chi connectivity index (χ1) is 14.5. The maximum Gasteiger partial charge on any atom is 0.248 e. The Morgan fingerprint density at radius 2 is 1.90 bits per heavy atom. The van der Waals surface area contributed by atoms with E-state index in [0.29, 0.717) is 41.4 Å². The van der Waals surface area contributed by atoms with Crippen molar-refractivity contribution in [3.05, 3.63) is 22.0 Å². The number of hydrogen-bond donors (Lipinski definition) is 1. The van der Waals surface area contributed by atoms with E-state index in [0.717, 1.165) is 5.69 Å². The Labute approximate surface area is 185 Å². The van der Waals surface area contributed by atoms with Crippen molar-refractivity contribution in [2.75, 3.05) is 18.4 Å². The molecule has 1 saturated heterocycles. The van der Waals surface area contributed by atoms with E-state index in [1.54, 1.807) is 13.8 Å². The smallest absolute Gasteiger partial charge is 0.248 e. The highest BCUT2D eigenvalue weighted by atomic mass is 32.2. The van der Waals surface area contributed by atoms with Gasteiger partial charge in [-0.2, -0.15) is 4.31 Å². The van der Waals surface area contributed by atoms with E-state index in [1.165, 1.54) is 15.6 Å². The first kappa shape index (κ1) is 22.1. The van der Waals surface area contributed by atoms with Crippen molar-refractivity contribution in [2.45, 2.75) is 58.3 Å². The van der Waals surface area contributed by atoms with E-state index in [-0.39, 0.29) is 46.8 Å². The summed E-state index contributed by atoms with van der Waals surface area (Å²) in [6.45, 7) is 7.73. The van der Waals surface area contributed by atoms with Gasteiger partial charge in [0.05, 0.1) is 10.6 Å². The molecule has 0 bridgehead atoms. The van der Waals surface area contributed by atoms with Crippen LogP contribution >= 0.6 is 11.3 Å². The molecule has 2 aliphatic rings. The van der Waals surface area contributed by atoms with Crippen LogP contribution in [0.2, 0.25) is 0 Å². The van der Waals surface area contributed by atoms with Gasteiger partial charge in [-0.25, -0.2) is 13.4 Å². The first-order valence-electron chi connectivity index (χ1n) is 10.2. The molecule has 0 radical (unpaired) electrons. The van der Waals surface area contributed by atoms with Gasteiger partial charge in [0.25, 0.3) is 0 Å². The van der Waals surface area contributed by atoms with Gasteiger partial charge in [-0.3, -0.25) is 9.59 Å². The van der Waals surface area contributed by atoms with Crippen molar-refractivity contribution in [1.29, 1.82) is 0 Å². The van der Waals surface area contributed by atoms with Crippen LogP contribution in [0.15, 0.2) is 9.42 Å². The van der Waals surface area contributed by atoms with Gasteiger partial charge in [-0.15, -0.1) is 0 Å². The number of Topliss-reactive ketones (excluding diaryl/α,β-unsaturated/α-hetero) is 1. The summed E-state index contributed by atoms with van der Waals surface area (Å²) in [5, 5.41) is 7.01. The maximum atomic E-state index is 12.9. The summed E-state index contributed by atoms with van der Waals surface area (Å²) in [5.74, 6) is -0.165. The summed E-state index contributed by atoms with van der Waals surface area (Å²) < 4.78 is 32.3. The molecule has 2 aromatic heterocycles. The number of aromatic nitrogens is 2. The number of nitrogens with one attached hydrogen (secondary N) is 1. The third kappa shape index (κ3) is 4.18. The van der Waals surface area contributed by atoms with Crippen LogP contribution < -0.4 is 5.32 Å². The number of amides is 1. The fourth-order valence-corrected chi connectivity index (χ4v) is 6.99. The summed E-state index contributed by atoms with van der Waals surface area (Å²) in [5.41, 5.74) is 0.962. The van der Waals surface area contributed by atoms with Crippen LogP contribution in [0.5, 0.6) is 0 Å². The molecular weight excluding hydrogens is 440 g/mol. The number of piperidine rings is 1. The minimum absolute atomic E-state index is 0.0714. The zero-order chi connectivity index (χ0) is 22.6. The fraction of sp³-hybridized carbons (Fsp3) is 0.600. The molecule has 168 valence electrons. The van der Waals surface area contributed by atoms with Gasteiger partial charge in [0, 0.05) is 25.4 Å². The van der Waals surface area contributed by atoms with Crippen molar-refractivity contribution in [2.24, 2.45) is 11.3 Å². The molecule has 2 aromatic rings. The number of hydrogen-bond acceptors (Lipinski definition) is 8. The first-order valence-corrected chi connectivity index (χ1v) is 12.5. The molecule has 9 nitrogen and oxygen atoms in total. The summed E-state index contributed by atoms with van der Waals surface area (Å²) in [6, 6.07) is 0. The molecule has 0 spiro atoms. The Kier molecular flexibility index (Phi) is 5.55. The largest absolute Gasteiger partial charge is 0.360 e. The van der Waals surface area contributed by atoms with Crippen LogP contribution in [0.25, 0.3) is 0 Å². The second kappa shape index (κ2) is 7.79. The zero-order valence-electron chi connectivity index (χ0n) is 18.0. The lowest BCUT2D eigenvalue weighted by Gasteiger charge is -2.30. The minimum Gasteiger partial charge on any atom is -0.360 e. The quantitative estimate of drug-likeness (QED) is 0.735. The van der Waals surface area contributed by atoms with E-state index in [1.807, 2.05) is 13.8 Å². The van der Waals surface area contributed by atoms with Crippen molar-refractivity contribution in [3.8, 4) is 0 Å². The fourth-order valence-electron chi connectivity index (χ4n) is 4.31. The van der Waals surface area contributed by atoms with Gasteiger partial charge in [-0.05, 0) is 38.5 Å². The predicted octanol–water partition coefficient (Wildman–Crippen LogP) is 2.94. The molecule has 0 atom stereocenters. The van der Waals surface area contributed by atoms with Crippen LogP contribution in [-0.4, -0.2) is 47.6 Å². The van der Waals surface area contributed by atoms with E-state index in [9.17, 15) is 18.0 Å². The Morgan fingerprint density at radius 1 is 1.23 bits per heavy atom. The van der Waals surface area contributed by atoms with E-state index in [4.69, 9.17) is 4.52 Å². The molecule has 11 heteroatoms. The Hall–Kier alpha value is -2.11. The average molecular weight is 467 g/mol. The van der Waals surface area contributed by atoms with Gasteiger partial charge >= 0.3 is 0 Å². The topological polar surface area (TPSA) is 122 Å². The monoisotopic (exact) mass is 466 g/mol. The summed E-state index contributed by atoms with van der Waals surface area (Å²) in [4.78, 5) is 30.3. The third-order valence-corrected chi connectivity index (χ3v) is 9.05. The molecule has 1 N–H and O–H groups in total. The lowest BCUT2D eigenvalue weighted by atomic mass is 9.78. The second-order valence-electron chi connectivity index (χ2n) is 9.06. The summed E-state index contributed by atoms with van der Waals surface area (Å²) in [6.07, 6.45) is 2.00. The van der Waals surface area contributed by atoms with Gasteiger partial charge in [0.1, 0.15) is 10.6 Å². The molecular formula is C20H26N4O5S2. The predicted molar refractivity (Wildman–Crippen MR) is 115 cm³/mol. The van der Waals surface area contributed by atoms with Gasteiger partial charge in [0.15, 0.2) is 16.7 Å². The Morgan fingerprint density at radius 3 is 2.52 bits per heavy atom. The summed E-state index contributed by atoms with van der Waals surface area (Å²) in [7, 11) is -3.71. The number of aryl methyl sites for hydroxylation is 2. The Bertz CT molecular complexity index is 1120. The number of anilines is 1. The van der Waals surface area contributed by atoms with Gasteiger partial charge in [0.2, 0.25) is 15.9 Å². The number of rotatable bonds is 4. The number of sulfonamides is 1. The van der Waals surface area contributed by atoms with Crippen molar-refractivity contribution in [3.63, 3.8) is 0 Å². The average Bonchev–Trinajstić information content (AvgIpc) is 3.23. The number of fused-ring (bicyclic) bond motifs is 1. The molecule has 4 rings (SSSR count). The van der Waals surface area contributed by atoms with Crippen molar-refractivity contribution < 1.29 is 22.5 Å². The number of thiazole rings is 1. The van der Waals surface area contributed by atoms with Crippen LogP contribution in [0, 0.1) is 25.2 Å². The van der Waals surface area contributed by atoms with E-state index < -0.39 is 10.0 Å².